The summed E-state index contributed by atoms with van der Waals surface area (Å²) in [5, 5.41) is 3.65. The molecule has 0 atom stereocenters. The second-order valence-corrected chi connectivity index (χ2v) is 3.91. The molecule has 1 heterocycles. The number of hydrogen-bond acceptors (Lipinski definition) is 3. The van der Waals surface area contributed by atoms with Crippen LogP contribution in [-0.2, 0) is 6.42 Å². The number of unbranched alkanes of at least 4 members (excludes halogenated alkanes) is 1. The zero-order chi connectivity index (χ0) is 9.10. The smallest absolute Gasteiger partial charge is 0.169 e. The fraction of sp³-hybridized carbons (Fsp3) is 0.700. The van der Waals surface area contributed by atoms with Gasteiger partial charge in [0, 0.05) is 5.56 Å². The van der Waals surface area contributed by atoms with E-state index in [-0.39, 0.29) is 0 Å². The number of aryl methyl sites for hydroxylation is 1. The first-order chi connectivity index (χ1) is 6.36. The van der Waals surface area contributed by atoms with Crippen molar-refractivity contribution >= 4 is 5.82 Å². The lowest BCUT2D eigenvalue weighted by atomic mass is 10.1. The van der Waals surface area contributed by atoms with Crippen LogP contribution in [0.2, 0.25) is 0 Å². The fourth-order valence-corrected chi connectivity index (χ4v) is 1.61. The summed E-state index contributed by atoms with van der Waals surface area (Å²) in [5.74, 6) is 1.60. The van der Waals surface area contributed by atoms with Crippen molar-refractivity contribution in [3.05, 3.63) is 11.8 Å². The minimum absolute atomic E-state index is 0.562. The molecule has 0 bridgehead atoms. The third kappa shape index (κ3) is 2.47. The van der Waals surface area contributed by atoms with Gasteiger partial charge < -0.3 is 10.3 Å². The van der Waals surface area contributed by atoms with E-state index in [2.05, 4.69) is 5.16 Å². The van der Waals surface area contributed by atoms with Crippen molar-refractivity contribution in [2.24, 2.45) is 5.92 Å². The maximum absolute atomic E-state index is 5.59. The number of aromatic nitrogens is 1. The number of rotatable bonds is 5. The summed E-state index contributed by atoms with van der Waals surface area (Å²) >= 11 is 0. The Hall–Kier alpha value is -0.990. The molecule has 72 valence electrons. The van der Waals surface area contributed by atoms with Crippen molar-refractivity contribution in [2.45, 2.75) is 38.5 Å². The molecule has 13 heavy (non-hydrogen) atoms. The minimum atomic E-state index is 0.562. The molecule has 1 fully saturated rings. The van der Waals surface area contributed by atoms with Crippen LogP contribution in [0.3, 0.4) is 0 Å². The number of hydrogen-bond donors (Lipinski definition) is 1. The highest BCUT2D eigenvalue weighted by Gasteiger charge is 2.19. The summed E-state index contributed by atoms with van der Waals surface area (Å²) in [6, 6.07) is 0. The molecule has 1 aromatic rings. The quantitative estimate of drug-likeness (QED) is 0.708. The Bertz CT molecular complexity index is 266. The zero-order valence-electron chi connectivity index (χ0n) is 7.83. The summed E-state index contributed by atoms with van der Waals surface area (Å²) in [5.41, 5.74) is 6.66. The lowest BCUT2D eigenvalue weighted by Crippen LogP contribution is -1.92. The molecule has 2 rings (SSSR count). The lowest BCUT2D eigenvalue weighted by molar-refractivity contribution is 0.422. The van der Waals surface area contributed by atoms with Gasteiger partial charge in [0.2, 0.25) is 0 Å². The molecule has 1 aromatic heterocycles. The monoisotopic (exact) mass is 180 g/mol. The standard InChI is InChI=1S/C10H16N2O/c11-10-9(7-13-12-10)4-2-1-3-8-5-6-8/h7-8H,1-6H2,(H2,11,12). The molecule has 1 aliphatic carbocycles. The van der Waals surface area contributed by atoms with E-state index in [1.54, 1.807) is 6.26 Å². The summed E-state index contributed by atoms with van der Waals surface area (Å²) in [4.78, 5) is 0. The van der Waals surface area contributed by atoms with Crippen molar-refractivity contribution in [3.8, 4) is 0 Å². The number of anilines is 1. The Kier molecular flexibility index (Phi) is 2.52. The van der Waals surface area contributed by atoms with Crippen LogP contribution in [0.15, 0.2) is 10.8 Å². The van der Waals surface area contributed by atoms with Crippen LogP contribution < -0.4 is 5.73 Å². The Labute approximate surface area is 78.3 Å². The SMILES string of the molecule is Nc1nocc1CCCCC1CC1. The average molecular weight is 180 g/mol. The van der Waals surface area contributed by atoms with Gasteiger partial charge in [-0.3, -0.25) is 0 Å². The molecule has 0 saturated heterocycles. The maximum Gasteiger partial charge on any atom is 0.169 e. The first-order valence-corrected chi connectivity index (χ1v) is 5.05. The van der Waals surface area contributed by atoms with Crippen molar-refractivity contribution in [1.29, 1.82) is 0 Å². The summed E-state index contributed by atoms with van der Waals surface area (Å²) in [6.45, 7) is 0. The predicted octanol–water partition coefficient (Wildman–Crippen LogP) is 2.38. The molecule has 0 unspecified atom stereocenters. The van der Waals surface area contributed by atoms with Crippen LogP contribution >= 0.6 is 0 Å². The third-order valence-corrected chi connectivity index (χ3v) is 2.68. The molecule has 2 N–H and O–H groups in total. The van der Waals surface area contributed by atoms with Crippen LogP contribution in [0, 0.1) is 5.92 Å². The Balaban J connectivity index is 1.64. The molecule has 1 aliphatic rings. The van der Waals surface area contributed by atoms with Crippen molar-refractivity contribution in [1.82, 2.24) is 5.16 Å². The number of nitrogens with zero attached hydrogens (tertiary/aromatic N) is 1. The van der Waals surface area contributed by atoms with Crippen LogP contribution in [0.4, 0.5) is 5.82 Å². The average Bonchev–Trinajstić information content (AvgIpc) is 2.86. The molecule has 0 aromatic carbocycles. The summed E-state index contributed by atoms with van der Waals surface area (Å²) < 4.78 is 4.76. The second kappa shape index (κ2) is 3.81. The molecule has 3 heteroatoms. The molecule has 3 nitrogen and oxygen atoms in total. The molecule has 0 radical (unpaired) electrons. The first kappa shape index (κ1) is 8.60. The first-order valence-electron chi connectivity index (χ1n) is 5.05. The normalized spacial score (nSPS) is 16.3. The molecule has 0 spiro atoms. The predicted molar refractivity (Wildman–Crippen MR) is 51.2 cm³/mol. The van der Waals surface area contributed by atoms with Gasteiger partial charge >= 0.3 is 0 Å². The lowest BCUT2D eigenvalue weighted by Gasteiger charge is -1.97. The van der Waals surface area contributed by atoms with Crippen molar-refractivity contribution < 1.29 is 4.52 Å². The van der Waals surface area contributed by atoms with Crippen LogP contribution in [0.25, 0.3) is 0 Å². The van der Waals surface area contributed by atoms with E-state index in [9.17, 15) is 0 Å². The molecular formula is C10H16N2O. The summed E-state index contributed by atoms with van der Waals surface area (Å²) in [7, 11) is 0. The zero-order valence-corrected chi connectivity index (χ0v) is 7.83. The second-order valence-electron chi connectivity index (χ2n) is 3.91. The van der Waals surface area contributed by atoms with E-state index < -0.39 is 0 Å². The van der Waals surface area contributed by atoms with Gasteiger partial charge in [0.05, 0.1) is 0 Å². The molecule has 0 aliphatic heterocycles. The van der Waals surface area contributed by atoms with E-state index in [4.69, 9.17) is 10.3 Å². The minimum Gasteiger partial charge on any atom is -0.381 e. The highest BCUT2D eigenvalue weighted by Crippen LogP contribution is 2.34. The fourth-order valence-electron chi connectivity index (χ4n) is 1.61. The topological polar surface area (TPSA) is 52.0 Å². The van der Waals surface area contributed by atoms with Gasteiger partial charge in [0.15, 0.2) is 5.82 Å². The van der Waals surface area contributed by atoms with Gasteiger partial charge in [-0.25, -0.2) is 0 Å². The maximum atomic E-state index is 5.59. The molecular weight excluding hydrogens is 164 g/mol. The van der Waals surface area contributed by atoms with Gasteiger partial charge in [-0.1, -0.05) is 30.8 Å². The highest BCUT2D eigenvalue weighted by atomic mass is 16.5. The van der Waals surface area contributed by atoms with Gasteiger partial charge in [-0.15, -0.1) is 0 Å². The van der Waals surface area contributed by atoms with Gasteiger partial charge in [-0.2, -0.15) is 0 Å². The van der Waals surface area contributed by atoms with Crippen LogP contribution in [-0.4, -0.2) is 5.16 Å². The van der Waals surface area contributed by atoms with Gasteiger partial charge in [0.1, 0.15) is 6.26 Å². The Morgan fingerprint density at radius 2 is 2.31 bits per heavy atom. The molecule has 0 amide bonds. The Morgan fingerprint density at radius 3 is 2.92 bits per heavy atom. The van der Waals surface area contributed by atoms with Gasteiger partial charge in [0.25, 0.3) is 0 Å². The van der Waals surface area contributed by atoms with Gasteiger partial charge in [-0.05, 0) is 18.8 Å². The number of nitrogen functional groups attached to an aromatic ring is 1. The van der Waals surface area contributed by atoms with E-state index in [1.807, 2.05) is 0 Å². The number of nitrogens with two attached hydrogens (primary N) is 1. The van der Waals surface area contributed by atoms with E-state index >= 15 is 0 Å². The van der Waals surface area contributed by atoms with Crippen LogP contribution in [0.1, 0.15) is 37.7 Å². The van der Waals surface area contributed by atoms with Crippen molar-refractivity contribution in [2.75, 3.05) is 5.73 Å². The molecule has 1 saturated carbocycles. The Morgan fingerprint density at radius 1 is 1.46 bits per heavy atom. The van der Waals surface area contributed by atoms with Crippen LogP contribution in [0.5, 0.6) is 0 Å². The highest BCUT2D eigenvalue weighted by molar-refractivity contribution is 5.35. The van der Waals surface area contributed by atoms with Crippen molar-refractivity contribution in [3.63, 3.8) is 0 Å². The van der Waals surface area contributed by atoms with E-state index in [1.165, 1.54) is 32.1 Å². The van der Waals surface area contributed by atoms with E-state index in [0.717, 1.165) is 17.9 Å². The summed E-state index contributed by atoms with van der Waals surface area (Å²) in [6.07, 6.45) is 9.50. The van der Waals surface area contributed by atoms with E-state index in [0.29, 0.717) is 5.82 Å². The largest absolute Gasteiger partial charge is 0.381 e. The third-order valence-electron chi connectivity index (χ3n) is 2.68.